The second kappa shape index (κ2) is 5.84. The molecule has 0 aliphatic heterocycles. The SMILES string of the molecule is CCC(Nc1ncnc2sc3c(c12)CCC3)c1c(C)nn(C)c1C. The largest absolute Gasteiger partial charge is 0.362 e. The zero-order valence-corrected chi connectivity index (χ0v) is 15.5. The Balaban J connectivity index is 1.78. The number of aromatic nitrogens is 4. The van der Waals surface area contributed by atoms with Crippen molar-refractivity contribution >= 4 is 27.4 Å². The first kappa shape index (κ1) is 15.6. The maximum atomic E-state index is 4.59. The lowest BCUT2D eigenvalue weighted by atomic mass is 10.0. The molecule has 0 fully saturated rings. The highest BCUT2D eigenvalue weighted by atomic mass is 32.1. The summed E-state index contributed by atoms with van der Waals surface area (Å²) in [5.41, 5.74) is 5.06. The van der Waals surface area contributed by atoms with E-state index in [0.29, 0.717) is 0 Å². The second-order valence-corrected chi connectivity index (χ2v) is 7.66. The van der Waals surface area contributed by atoms with Crippen molar-refractivity contribution in [2.75, 3.05) is 5.32 Å². The van der Waals surface area contributed by atoms with Gasteiger partial charge in [0.1, 0.15) is 17.0 Å². The van der Waals surface area contributed by atoms with E-state index >= 15 is 0 Å². The molecular formula is C18H23N5S. The maximum Gasteiger partial charge on any atom is 0.138 e. The summed E-state index contributed by atoms with van der Waals surface area (Å²) >= 11 is 1.83. The van der Waals surface area contributed by atoms with E-state index in [2.05, 4.69) is 41.2 Å². The molecule has 6 heteroatoms. The third kappa shape index (κ3) is 2.32. The van der Waals surface area contributed by atoms with E-state index in [1.807, 2.05) is 23.1 Å². The average Bonchev–Trinajstić information content (AvgIpc) is 3.20. The number of hydrogen-bond donors (Lipinski definition) is 1. The monoisotopic (exact) mass is 341 g/mol. The van der Waals surface area contributed by atoms with Crippen molar-refractivity contribution in [3.63, 3.8) is 0 Å². The smallest absolute Gasteiger partial charge is 0.138 e. The molecule has 1 atom stereocenters. The fourth-order valence-corrected chi connectivity index (χ4v) is 5.10. The van der Waals surface area contributed by atoms with Gasteiger partial charge in [0.25, 0.3) is 0 Å². The van der Waals surface area contributed by atoms with Crippen LogP contribution in [0.5, 0.6) is 0 Å². The second-order valence-electron chi connectivity index (χ2n) is 6.57. The molecule has 0 radical (unpaired) electrons. The van der Waals surface area contributed by atoms with Gasteiger partial charge < -0.3 is 5.32 Å². The Morgan fingerprint density at radius 1 is 1.29 bits per heavy atom. The Bertz CT molecular complexity index is 908. The van der Waals surface area contributed by atoms with Crippen LogP contribution in [-0.4, -0.2) is 19.7 Å². The van der Waals surface area contributed by atoms with E-state index in [9.17, 15) is 0 Å². The molecule has 1 unspecified atom stereocenters. The molecule has 0 saturated heterocycles. The Hall–Kier alpha value is -1.95. The van der Waals surface area contributed by atoms with Gasteiger partial charge in [-0.1, -0.05) is 6.92 Å². The average molecular weight is 341 g/mol. The summed E-state index contributed by atoms with van der Waals surface area (Å²) in [5.74, 6) is 0.980. The van der Waals surface area contributed by atoms with E-state index in [-0.39, 0.29) is 6.04 Å². The highest BCUT2D eigenvalue weighted by Gasteiger charge is 2.24. The summed E-state index contributed by atoms with van der Waals surface area (Å²) in [6, 6.07) is 0.216. The van der Waals surface area contributed by atoms with E-state index in [1.54, 1.807) is 6.33 Å². The van der Waals surface area contributed by atoms with Crippen molar-refractivity contribution in [3.05, 3.63) is 33.7 Å². The van der Waals surface area contributed by atoms with Gasteiger partial charge in [0.2, 0.25) is 0 Å². The number of aryl methyl sites for hydroxylation is 4. The molecule has 126 valence electrons. The molecule has 3 aromatic rings. The van der Waals surface area contributed by atoms with Crippen molar-refractivity contribution in [3.8, 4) is 0 Å². The lowest BCUT2D eigenvalue weighted by molar-refractivity contribution is 0.715. The lowest BCUT2D eigenvalue weighted by Gasteiger charge is -2.19. The van der Waals surface area contributed by atoms with Crippen LogP contribution in [0, 0.1) is 13.8 Å². The van der Waals surface area contributed by atoms with Crippen LogP contribution < -0.4 is 5.32 Å². The summed E-state index contributed by atoms with van der Waals surface area (Å²) in [7, 11) is 2.01. The molecule has 4 rings (SSSR count). The summed E-state index contributed by atoms with van der Waals surface area (Å²) in [6.07, 6.45) is 6.27. The molecule has 0 bridgehead atoms. The van der Waals surface area contributed by atoms with Crippen LogP contribution in [-0.2, 0) is 19.9 Å². The summed E-state index contributed by atoms with van der Waals surface area (Å²) in [5, 5.41) is 9.52. The fraction of sp³-hybridized carbons (Fsp3) is 0.500. The number of rotatable bonds is 4. The normalized spacial score (nSPS) is 15.0. The Morgan fingerprint density at radius 3 is 2.83 bits per heavy atom. The van der Waals surface area contributed by atoms with Crippen LogP contribution in [0.25, 0.3) is 10.2 Å². The number of nitrogens with zero attached hydrogens (tertiary/aromatic N) is 4. The predicted octanol–water partition coefficient (Wildman–Crippen LogP) is 4.09. The van der Waals surface area contributed by atoms with Crippen LogP contribution in [0.4, 0.5) is 5.82 Å². The van der Waals surface area contributed by atoms with Gasteiger partial charge in [-0.15, -0.1) is 11.3 Å². The van der Waals surface area contributed by atoms with E-state index < -0.39 is 0 Å². The summed E-state index contributed by atoms with van der Waals surface area (Å²) in [6.45, 7) is 6.43. The Labute approximate surface area is 146 Å². The van der Waals surface area contributed by atoms with Crippen molar-refractivity contribution < 1.29 is 0 Å². The molecule has 0 saturated carbocycles. The summed E-state index contributed by atoms with van der Waals surface area (Å²) < 4.78 is 1.97. The van der Waals surface area contributed by atoms with Gasteiger partial charge in [-0.05, 0) is 45.1 Å². The molecule has 24 heavy (non-hydrogen) atoms. The quantitative estimate of drug-likeness (QED) is 0.776. The predicted molar refractivity (Wildman–Crippen MR) is 98.8 cm³/mol. The van der Waals surface area contributed by atoms with Crippen LogP contribution in [0.2, 0.25) is 0 Å². The fourth-order valence-electron chi connectivity index (χ4n) is 3.88. The summed E-state index contributed by atoms with van der Waals surface area (Å²) in [4.78, 5) is 11.7. The van der Waals surface area contributed by atoms with E-state index in [1.165, 1.54) is 39.9 Å². The molecule has 0 amide bonds. The van der Waals surface area contributed by atoms with Gasteiger partial charge in [-0.2, -0.15) is 5.10 Å². The lowest BCUT2D eigenvalue weighted by Crippen LogP contribution is -2.13. The topological polar surface area (TPSA) is 55.6 Å². The molecule has 1 aliphatic carbocycles. The Kier molecular flexibility index (Phi) is 3.79. The minimum atomic E-state index is 0.216. The first-order valence-corrected chi connectivity index (χ1v) is 9.43. The number of nitrogens with one attached hydrogen (secondary N) is 1. The third-order valence-corrected chi connectivity index (χ3v) is 6.33. The molecule has 0 aromatic carbocycles. The Morgan fingerprint density at radius 2 is 2.12 bits per heavy atom. The molecule has 3 heterocycles. The number of thiophene rings is 1. The van der Waals surface area contributed by atoms with Crippen LogP contribution in [0.3, 0.4) is 0 Å². The minimum absolute atomic E-state index is 0.216. The minimum Gasteiger partial charge on any atom is -0.362 e. The van der Waals surface area contributed by atoms with Crippen LogP contribution in [0.15, 0.2) is 6.33 Å². The first-order chi connectivity index (χ1) is 11.6. The standard InChI is InChI=1S/C18H23N5S/c1-5-13(15-10(2)22-23(4)11(15)3)21-17-16-12-7-6-8-14(12)24-18(16)20-9-19-17/h9,13H,5-8H2,1-4H3,(H,19,20,21). The van der Waals surface area contributed by atoms with Crippen LogP contribution >= 0.6 is 11.3 Å². The van der Waals surface area contributed by atoms with Gasteiger partial charge in [-0.25, -0.2) is 9.97 Å². The highest BCUT2D eigenvalue weighted by Crippen LogP contribution is 2.40. The molecule has 5 nitrogen and oxygen atoms in total. The van der Waals surface area contributed by atoms with Gasteiger partial charge in [0.05, 0.1) is 17.1 Å². The van der Waals surface area contributed by atoms with Crippen molar-refractivity contribution in [2.45, 2.75) is 52.5 Å². The number of hydrogen-bond acceptors (Lipinski definition) is 5. The van der Waals surface area contributed by atoms with Crippen molar-refractivity contribution in [2.24, 2.45) is 7.05 Å². The molecule has 1 N–H and O–H groups in total. The number of fused-ring (bicyclic) bond motifs is 3. The zero-order valence-electron chi connectivity index (χ0n) is 14.7. The first-order valence-electron chi connectivity index (χ1n) is 8.62. The molecule has 0 spiro atoms. The van der Waals surface area contributed by atoms with Gasteiger partial charge in [-0.3, -0.25) is 4.68 Å². The highest BCUT2D eigenvalue weighted by molar-refractivity contribution is 7.19. The van der Waals surface area contributed by atoms with Gasteiger partial charge >= 0.3 is 0 Å². The van der Waals surface area contributed by atoms with Crippen molar-refractivity contribution in [1.82, 2.24) is 19.7 Å². The van der Waals surface area contributed by atoms with E-state index in [4.69, 9.17) is 0 Å². The van der Waals surface area contributed by atoms with Crippen molar-refractivity contribution in [1.29, 1.82) is 0 Å². The van der Waals surface area contributed by atoms with Gasteiger partial charge in [0.15, 0.2) is 0 Å². The molecule has 3 aromatic heterocycles. The van der Waals surface area contributed by atoms with Crippen LogP contribution in [0.1, 0.15) is 53.2 Å². The van der Waals surface area contributed by atoms with E-state index in [0.717, 1.165) is 29.2 Å². The zero-order chi connectivity index (χ0) is 16.8. The van der Waals surface area contributed by atoms with Gasteiger partial charge in [0, 0.05) is 23.2 Å². The molecular weight excluding hydrogens is 318 g/mol. The maximum absolute atomic E-state index is 4.59. The third-order valence-electron chi connectivity index (χ3n) is 5.13. The molecule has 1 aliphatic rings. The number of anilines is 1.